The number of carbonyl (C=O) groups is 2. The lowest BCUT2D eigenvalue weighted by Crippen LogP contribution is -2.33. The van der Waals surface area contributed by atoms with Gasteiger partial charge in [0.25, 0.3) is 5.91 Å². The Kier molecular flexibility index (Phi) is 5.95. The predicted octanol–water partition coefficient (Wildman–Crippen LogP) is 2.62. The van der Waals surface area contributed by atoms with Gasteiger partial charge < -0.3 is 19.5 Å². The molecule has 7 heteroatoms. The number of hydrogen-bond acceptors (Lipinski definition) is 5. The van der Waals surface area contributed by atoms with Crippen LogP contribution in [0.4, 0.5) is 5.69 Å². The minimum absolute atomic E-state index is 0.0534. The summed E-state index contributed by atoms with van der Waals surface area (Å²) in [5.74, 6) is 0.330. The molecule has 0 aliphatic carbocycles. The number of aromatic nitrogens is 1. The van der Waals surface area contributed by atoms with E-state index in [1.807, 2.05) is 6.92 Å². The summed E-state index contributed by atoms with van der Waals surface area (Å²) in [6.07, 6.45) is 1.89. The van der Waals surface area contributed by atoms with Crippen molar-refractivity contribution in [1.29, 1.82) is 0 Å². The molecule has 1 aromatic carbocycles. The van der Waals surface area contributed by atoms with Crippen molar-refractivity contribution < 1.29 is 18.8 Å². The number of hydrogen-bond donors (Lipinski definition) is 1. The molecule has 2 amide bonds. The van der Waals surface area contributed by atoms with E-state index in [1.54, 1.807) is 49.2 Å². The number of nitrogens with one attached hydrogen (secondary N) is 1. The molecule has 0 spiro atoms. The minimum atomic E-state index is -0.202. The average Bonchev–Trinajstić information content (AvgIpc) is 3.14. The van der Waals surface area contributed by atoms with E-state index in [-0.39, 0.29) is 24.5 Å². The molecule has 2 aromatic rings. The molecule has 0 saturated heterocycles. The van der Waals surface area contributed by atoms with E-state index < -0.39 is 0 Å². The zero-order valence-electron chi connectivity index (χ0n) is 14.0. The topological polar surface area (TPSA) is 84.7 Å². The molecule has 0 bridgehead atoms. The minimum Gasteiger partial charge on any atom is -0.484 e. The fraction of sp³-hybridized carbons (Fsp3) is 0.353. The van der Waals surface area contributed by atoms with Crippen LogP contribution in [0.5, 0.6) is 5.75 Å². The van der Waals surface area contributed by atoms with Gasteiger partial charge in [-0.3, -0.25) is 9.59 Å². The van der Waals surface area contributed by atoms with Gasteiger partial charge in [-0.25, -0.2) is 0 Å². The van der Waals surface area contributed by atoms with Crippen molar-refractivity contribution in [1.82, 2.24) is 10.1 Å². The van der Waals surface area contributed by atoms with E-state index in [9.17, 15) is 9.59 Å². The van der Waals surface area contributed by atoms with Crippen LogP contribution in [0.15, 0.2) is 41.1 Å². The molecule has 0 radical (unpaired) electrons. The van der Waals surface area contributed by atoms with E-state index in [0.717, 1.165) is 0 Å². The van der Waals surface area contributed by atoms with Gasteiger partial charge >= 0.3 is 0 Å². The third-order valence-electron chi connectivity index (χ3n) is 3.68. The fourth-order valence-electron chi connectivity index (χ4n) is 1.98. The lowest BCUT2D eigenvalue weighted by atomic mass is 10.2. The van der Waals surface area contributed by atoms with E-state index >= 15 is 0 Å². The summed E-state index contributed by atoms with van der Waals surface area (Å²) in [5.41, 5.74) is 1.37. The Bertz CT molecular complexity index is 668. The Labute approximate surface area is 140 Å². The zero-order chi connectivity index (χ0) is 17.5. The second-order valence-corrected chi connectivity index (χ2v) is 5.32. The Hall–Kier alpha value is -2.83. The highest BCUT2D eigenvalue weighted by atomic mass is 16.5. The van der Waals surface area contributed by atoms with Crippen LogP contribution in [0, 0.1) is 0 Å². The first kappa shape index (κ1) is 17.5. The Morgan fingerprint density at radius 1 is 1.29 bits per heavy atom. The van der Waals surface area contributed by atoms with Crippen molar-refractivity contribution in [2.75, 3.05) is 19.0 Å². The molecule has 128 valence electrons. The molecule has 1 N–H and O–H groups in total. The van der Waals surface area contributed by atoms with Gasteiger partial charge in [-0.2, -0.15) is 0 Å². The van der Waals surface area contributed by atoms with E-state index in [1.165, 1.54) is 6.26 Å². The molecular formula is C17H21N3O4. The van der Waals surface area contributed by atoms with Crippen LogP contribution in [0.25, 0.3) is 0 Å². The third-order valence-corrected chi connectivity index (χ3v) is 3.68. The number of nitrogens with zero attached hydrogens (tertiary/aromatic N) is 2. The van der Waals surface area contributed by atoms with Gasteiger partial charge in [0.05, 0.1) is 6.04 Å². The number of anilines is 1. The number of benzene rings is 1. The van der Waals surface area contributed by atoms with Crippen LogP contribution in [0.1, 0.15) is 32.0 Å². The van der Waals surface area contributed by atoms with Crippen molar-refractivity contribution in [3.8, 4) is 5.75 Å². The standard InChI is InChI=1S/C17H21N3O4/c1-4-16(21)18-13-5-7-14(8-6-13)23-11-17(22)20(3)12(2)15-9-10-24-19-15/h5-10,12H,4,11H2,1-3H3,(H,18,21)/t12-/m0/s1. The first-order valence-corrected chi connectivity index (χ1v) is 7.70. The van der Waals surface area contributed by atoms with Crippen molar-refractivity contribution in [3.63, 3.8) is 0 Å². The maximum absolute atomic E-state index is 12.2. The molecule has 0 saturated carbocycles. The third kappa shape index (κ3) is 4.58. The van der Waals surface area contributed by atoms with Crippen LogP contribution in [-0.2, 0) is 9.59 Å². The molecule has 0 unspecified atom stereocenters. The molecular weight excluding hydrogens is 310 g/mol. The Balaban J connectivity index is 1.86. The second kappa shape index (κ2) is 8.14. The molecule has 0 aliphatic rings. The first-order chi connectivity index (χ1) is 11.5. The smallest absolute Gasteiger partial charge is 0.260 e. The summed E-state index contributed by atoms with van der Waals surface area (Å²) in [5, 5.41) is 6.58. The van der Waals surface area contributed by atoms with Crippen LogP contribution in [-0.4, -0.2) is 35.5 Å². The van der Waals surface area contributed by atoms with Crippen molar-refractivity contribution >= 4 is 17.5 Å². The van der Waals surface area contributed by atoms with Crippen molar-refractivity contribution in [2.24, 2.45) is 0 Å². The fourth-order valence-corrected chi connectivity index (χ4v) is 1.98. The Morgan fingerprint density at radius 3 is 2.58 bits per heavy atom. The van der Waals surface area contributed by atoms with Gasteiger partial charge in [0.1, 0.15) is 17.7 Å². The summed E-state index contributed by atoms with van der Waals surface area (Å²) in [4.78, 5) is 25.1. The van der Waals surface area contributed by atoms with E-state index in [0.29, 0.717) is 23.6 Å². The highest BCUT2D eigenvalue weighted by molar-refractivity contribution is 5.90. The highest BCUT2D eigenvalue weighted by Crippen LogP contribution is 2.18. The summed E-state index contributed by atoms with van der Waals surface area (Å²) in [6.45, 7) is 3.56. The summed E-state index contributed by atoms with van der Waals surface area (Å²) < 4.78 is 10.3. The summed E-state index contributed by atoms with van der Waals surface area (Å²) in [6, 6.07) is 8.40. The van der Waals surface area contributed by atoms with Crippen LogP contribution in [0.2, 0.25) is 0 Å². The molecule has 1 atom stereocenters. The van der Waals surface area contributed by atoms with Gasteiger partial charge in [0.2, 0.25) is 5.91 Å². The maximum atomic E-state index is 12.2. The van der Waals surface area contributed by atoms with Crippen LogP contribution < -0.4 is 10.1 Å². The molecule has 0 fully saturated rings. The molecule has 24 heavy (non-hydrogen) atoms. The van der Waals surface area contributed by atoms with Gasteiger partial charge in [0, 0.05) is 25.2 Å². The number of carbonyl (C=O) groups excluding carboxylic acids is 2. The van der Waals surface area contributed by atoms with Gasteiger partial charge in [0.15, 0.2) is 6.61 Å². The highest BCUT2D eigenvalue weighted by Gasteiger charge is 2.19. The zero-order valence-corrected chi connectivity index (χ0v) is 14.0. The average molecular weight is 331 g/mol. The van der Waals surface area contributed by atoms with Crippen LogP contribution in [0.3, 0.4) is 0 Å². The van der Waals surface area contributed by atoms with Gasteiger partial charge in [-0.05, 0) is 31.2 Å². The van der Waals surface area contributed by atoms with Gasteiger partial charge in [-0.15, -0.1) is 0 Å². The van der Waals surface area contributed by atoms with E-state index in [4.69, 9.17) is 9.26 Å². The molecule has 2 rings (SSSR count). The largest absolute Gasteiger partial charge is 0.484 e. The van der Waals surface area contributed by atoms with Crippen LogP contribution >= 0.6 is 0 Å². The second-order valence-electron chi connectivity index (χ2n) is 5.32. The number of amides is 2. The molecule has 1 aromatic heterocycles. The molecule has 0 aliphatic heterocycles. The first-order valence-electron chi connectivity index (χ1n) is 7.70. The number of likely N-dealkylation sites (N-methyl/N-ethyl adjacent to an activating group) is 1. The maximum Gasteiger partial charge on any atom is 0.260 e. The van der Waals surface area contributed by atoms with E-state index in [2.05, 4.69) is 10.5 Å². The molecule has 7 nitrogen and oxygen atoms in total. The predicted molar refractivity (Wildman–Crippen MR) is 88.5 cm³/mol. The quantitative estimate of drug-likeness (QED) is 0.843. The lowest BCUT2D eigenvalue weighted by molar-refractivity contribution is -0.134. The summed E-state index contributed by atoms with van der Waals surface area (Å²) in [7, 11) is 1.69. The summed E-state index contributed by atoms with van der Waals surface area (Å²) >= 11 is 0. The van der Waals surface area contributed by atoms with Crippen molar-refractivity contribution in [3.05, 3.63) is 42.3 Å². The normalized spacial score (nSPS) is 11.6. The van der Waals surface area contributed by atoms with Gasteiger partial charge in [-0.1, -0.05) is 12.1 Å². The number of ether oxygens (including phenoxy) is 1. The lowest BCUT2D eigenvalue weighted by Gasteiger charge is -2.23. The Morgan fingerprint density at radius 2 is 2.00 bits per heavy atom. The number of rotatable bonds is 7. The molecule has 1 heterocycles. The monoisotopic (exact) mass is 331 g/mol. The van der Waals surface area contributed by atoms with Crippen molar-refractivity contribution in [2.45, 2.75) is 26.3 Å². The SMILES string of the molecule is CCC(=O)Nc1ccc(OCC(=O)N(C)[C@@H](C)c2ccon2)cc1.